The fourth-order valence-electron chi connectivity index (χ4n) is 2.46. The first-order chi connectivity index (χ1) is 12.9. The predicted molar refractivity (Wildman–Crippen MR) is 107 cm³/mol. The van der Waals surface area contributed by atoms with Crippen LogP contribution in [0.4, 0.5) is 0 Å². The van der Waals surface area contributed by atoms with Crippen LogP contribution in [0.2, 0.25) is 0 Å². The fraction of sp³-hybridized carbons (Fsp3) is 0.200. The highest BCUT2D eigenvalue weighted by Gasteiger charge is 2.18. The molecule has 0 aliphatic rings. The molecule has 0 aliphatic carbocycles. The fourth-order valence-corrected chi connectivity index (χ4v) is 2.70. The van der Waals surface area contributed by atoms with Gasteiger partial charge in [0, 0.05) is 11.1 Å². The van der Waals surface area contributed by atoms with E-state index < -0.39 is 5.97 Å². The second-order valence-electron chi connectivity index (χ2n) is 5.54. The number of aliphatic carboxylic acids is 1. The maximum Gasteiger partial charge on any atom is 0.358 e. The molecule has 0 atom stereocenters. The molecule has 0 bridgehead atoms. The Balaban J connectivity index is 2.36. The van der Waals surface area contributed by atoms with E-state index in [0.717, 1.165) is 11.1 Å². The summed E-state index contributed by atoms with van der Waals surface area (Å²) in [7, 11) is 0. The van der Waals surface area contributed by atoms with Gasteiger partial charge in [-0.05, 0) is 31.1 Å². The van der Waals surface area contributed by atoms with Gasteiger partial charge < -0.3 is 14.7 Å². The number of nitrogens with zero attached hydrogens (tertiary/aromatic N) is 1. The molecule has 0 saturated heterocycles. The maximum atomic E-state index is 11.6. The summed E-state index contributed by atoms with van der Waals surface area (Å²) >= 11 is 11.6. The summed E-state index contributed by atoms with van der Waals surface area (Å²) in [6.45, 7) is 4.04. The van der Waals surface area contributed by atoms with E-state index in [1.54, 1.807) is 37.3 Å². The normalized spacial score (nSPS) is 11.0. The molecule has 142 valence electrons. The quantitative estimate of drug-likeness (QED) is 0.483. The molecule has 27 heavy (non-hydrogen) atoms. The molecule has 7 heteroatoms. The van der Waals surface area contributed by atoms with Crippen LogP contribution in [0.5, 0.6) is 5.75 Å². The minimum absolute atomic E-state index is 0.114. The van der Waals surface area contributed by atoms with Crippen molar-refractivity contribution < 1.29 is 19.5 Å². The average molecular weight is 408 g/mol. The Morgan fingerprint density at radius 3 is 2.59 bits per heavy atom. The standard InChI is InChI=1S/C20H19Cl2NO4/c1-3-27-23-18(20(24)25)16-10-5-4-8-15(16)12-26-19-13(2)7-6-9-14(19)11-17(21)22/h4-11H,3,12H2,1-2H3,(H,24,25)/b23-18+. The van der Waals surface area contributed by atoms with E-state index in [2.05, 4.69) is 5.16 Å². The lowest BCUT2D eigenvalue weighted by atomic mass is 10.0. The number of aryl methyl sites for hydroxylation is 1. The predicted octanol–water partition coefficient (Wildman–Crippen LogP) is 5.18. The zero-order valence-electron chi connectivity index (χ0n) is 14.9. The summed E-state index contributed by atoms with van der Waals surface area (Å²) in [6.07, 6.45) is 1.59. The van der Waals surface area contributed by atoms with Crippen molar-refractivity contribution in [1.29, 1.82) is 0 Å². The third-order valence-corrected chi connectivity index (χ3v) is 3.86. The van der Waals surface area contributed by atoms with Crippen LogP contribution in [0.25, 0.3) is 6.08 Å². The van der Waals surface area contributed by atoms with Crippen LogP contribution in [-0.4, -0.2) is 23.4 Å². The van der Waals surface area contributed by atoms with Crippen LogP contribution in [0.15, 0.2) is 52.1 Å². The van der Waals surface area contributed by atoms with Gasteiger partial charge in [-0.1, -0.05) is 70.8 Å². The number of benzene rings is 2. The van der Waals surface area contributed by atoms with Gasteiger partial charge in [-0.3, -0.25) is 0 Å². The van der Waals surface area contributed by atoms with Crippen LogP contribution in [0, 0.1) is 6.92 Å². The first kappa shape index (κ1) is 20.8. The first-order valence-electron chi connectivity index (χ1n) is 8.20. The van der Waals surface area contributed by atoms with E-state index in [9.17, 15) is 9.90 Å². The lowest BCUT2D eigenvalue weighted by Gasteiger charge is -2.14. The number of halogens is 2. The number of para-hydroxylation sites is 1. The summed E-state index contributed by atoms with van der Waals surface area (Å²) < 4.78 is 6.09. The Morgan fingerprint density at radius 1 is 1.19 bits per heavy atom. The number of hydrogen-bond donors (Lipinski definition) is 1. The molecule has 0 radical (unpaired) electrons. The van der Waals surface area contributed by atoms with Crippen molar-refractivity contribution in [3.8, 4) is 5.75 Å². The van der Waals surface area contributed by atoms with E-state index in [0.29, 0.717) is 16.9 Å². The van der Waals surface area contributed by atoms with E-state index in [4.69, 9.17) is 32.8 Å². The summed E-state index contributed by atoms with van der Waals surface area (Å²) in [5.41, 5.74) is 2.55. The van der Waals surface area contributed by atoms with Crippen molar-refractivity contribution >= 4 is 41.0 Å². The zero-order valence-corrected chi connectivity index (χ0v) is 16.4. The summed E-state index contributed by atoms with van der Waals surface area (Å²) in [5, 5.41) is 13.2. The molecule has 0 aliphatic heterocycles. The van der Waals surface area contributed by atoms with Crippen molar-refractivity contribution in [3.05, 3.63) is 69.2 Å². The Bertz CT molecular complexity index is 874. The maximum absolute atomic E-state index is 11.6. The van der Waals surface area contributed by atoms with Crippen molar-refractivity contribution in [3.63, 3.8) is 0 Å². The lowest BCUT2D eigenvalue weighted by Crippen LogP contribution is -2.18. The molecule has 0 saturated carbocycles. The van der Waals surface area contributed by atoms with Gasteiger partial charge in [-0.25, -0.2) is 4.79 Å². The van der Waals surface area contributed by atoms with Gasteiger partial charge >= 0.3 is 5.97 Å². The second-order valence-corrected chi connectivity index (χ2v) is 6.54. The Kier molecular flexibility index (Phi) is 7.70. The van der Waals surface area contributed by atoms with Gasteiger partial charge in [0.15, 0.2) is 5.71 Å². The SMILES string of the molecule is CCO/N=C(/C(=O)O)c1ccccc1COc1c(C)cccc1C=C(Cl)Cl. The highest BCUT2D eigenvalue weighted by molar-refractivity contribution is 6.57. The monoisotopic (exact) mass is 407 g/mol. The summed E-state index contributed by atoms with van der Waals surface area (Å²) in [4.78, 5) is 16.5. The van der Waals surface area contributed by atoms with Gasteiger partial charge in [0.05, 0.1) is 0 Å². The number of hydrogen-bond acceptors (Lipinski definition) is 4. The number of carboxylic acids is 1. The third-order valence-electron chi connectivity index (χ3n) is 3.64. The van der Waals surface area contributed by atoms with Gasteiger partial charge in [0.1, 0.15) is 23.5 Å². The Labute approximate surface area is 167 Å². The number of carbonyl (C=O) groups is 1. The smallest absolute Gasteiger partial charge is 0.358 e. The average Bonchev–Trinajstić information content (AvgIpc) is 2.62. The van der Waals surface area contributed by atoms with Crippen LogP contribution >= 0.6 is 23.2 Å². The molecular formula is C20H19Cl2NO4. The molecule has 0 heterocycles. The molecule has 2 aromatic rings. The van der Waals surface area contributed by atoms with Gasteiger partial charge in [-0.15, -0.1) is 0 Å². The molecule has 0 aromatic heterocycles. The second kappa shape index (κ2) is 10.00. The number of oxime groups is 1. The van der Waals surface area contributed by atoms with E-state index in [1.165, 1.54) is 0 Å². The molecule has 0 unspecified atom stereocenters. The molecule has 5 nitrogen and oxygen atoms in total. The zero-order chi connectivity index (χ0) is 19.8. The number of ether oxygens (including phenoxy) is 1. The van der Waals surface area contributed by atoms with Crippen molar-refractivity contribution in [1.82, 2.24) is 0 Å². The summed E-state index contributed by atoms with van der Waals surface area (Å²) in [5.74, 6) is -0.561. The highest BCUT2D eigenvalue weighted by Crippen LogP contribution is 2.28. The van der Waals surface area contributed by atoms with Crippen molar-refractivity contribution in [2.45, 2.75) is 20.5 Å². The van der Waals surface area contributed by atoms with Crippen LogP contribution < -0.4 is 4.74 Å². The number of carboxylic acid groups (broad SMARTS) is 1. The van der Waals surface area contributed by atoms with E-state index >= 15 is 0 Å². The summed E-state index contributed by atoms with van der Waals surface area (Å²) in [6, 6.07) is 12.6. The largest absolute Gasteiger partial charge is 0.488 e. The third kappa shape index (κ3) is 5.74. The van der Waals surface area contributed by atoms with Crippen LogP contribution in [0.3, 0.4) is 0 Å². The van der Waals surface area contributed by atoms with Crippen LogP contribution in [0.1, 0.15) is 29.2 Å². The minimum Gasteiger partial charge on any atom is -0.488 e. The molecule has 0 fully saturated rings. The van der Waals surface area contributed by atoms with Gasteiger partial charge in [-0.2, -0.15) is 0 Å². The van der Waals surface area contributed by atoms with E-state index in [1.807, 2.05) is 25.1 Å². The Hall–Kier alpha value is -2.50. The molecule has 0 spiro atoms. The highest BCUT2D eigenvalue weighted by atomic mass is 35.5. The van der Waals surface area contributed by atoms with Crippen molar-refractivity contribution in [2.24, 2.45) is 5.16 Å². The molecular weight excluding hydrogens is 389 g/mol. The van der Waals surface area contributed by atoms with Crippen molar-refractivity contribution in [2.75, 3.05) is 6.61 Å². The van der Waals surface area contributed by atoms with Gasteiger partial charge in [0.25, 0.3) is 0 Å². The molecule has 0 amide bonds. The molecule has 1 N–H and O–H groups in total. The molecule has 2 aromatic carbocycles. The molecule has 2 rings (SSSR count). The van der Waals surface area contributed by atoms with Gasteiger partial charge in [0.2, 0.25) is 0 Å². The topological polar surface area (TPSA) is 68.1 Å². The Morgan fingerprint density at radius 2 is 1.93 bits per heavy atom. The van der Waals surface area contributed by atoms with E-state index in [-0.39, 0.29) is 23.4 Å². The first-order valence-corrected chi connectivity index (χ1v) is 8.96. The lowest BCUT2D eigenvalue weighted by molar-refractivity contribution is -0.129. The van der Waals surface area contributed by atoms with Crippen LogP contribution in [-0.2, 0) is 16.2 Å². The number of rotatable bonds is 8. The minimum atomic E-state index is -1.18.